The molecule has 3 nitrogen and oxygen atoms in total. The third-order valence-electron chi connectivity index (χ3n) is 2.48. The SMILES string of the molecule is COc1ccc([C@H](N)c2ccccn2)cc1. The summed E-state index contributed by atoms with van der Waals surface area (Å²) in [6.45, 7) is 0. The summed E-state index contributed by atoms with van der Waals surface area (Å²) < 4.78 is 5.10. The van der Waals surface area contributed by atoms with E-state index in [2.05, 4.69) is 4.98 Å². The van der Waals surface area contributed by atoms with E-state index in [-0.39, 0.29) is 6.04 Å². The highest BCUT2D eigenvalue weighted by Crippen LogP contribution is 2.20. The number of nitrogens with zero attached hydrogens (tertiary/aromatic N) is 1. The third-order valence-corrected chi connectivity index (χ3v) is 2.48. The van der Waals surface area contributed by atoms with Crippen LogP contribution >= 0.6 is 0 Å². The summed E-state index contributed by atoms with van der Waals surface area (Å²) in [5, 5.41) is 0. The van der Waals surface area contributed by atoms with Crippen molar-refractivity contribution in [2.24, 2.45) is 5.73 Å². The van der Waals surface area contributed by atoms with Crippen molar-refractivity contribution in [3.05, 3.63) is 59.9 Å². The zero-order chi connectivity index (χ0) is 11.4. The third kappa shape index (κ3) is 2.20. The van der Waals surface area contributed by atoms with Crippen LogP contribution in [-0.4, -0.2) is 12.1 Å². The fourth-order valence-corrected chi connectivity index (χ4v) is 1.54. The van der Waals surface area contributed by atoms with Crippen molar-refractivity contribution >= 4 is 0 Å². The van der Waals surface area contributed by atoms with Crippen molar-refractivity contribution in [1.82, 2.24) is 4.98 Å². The molecular formula is C13H14N2O. The first-order valence-corrected chi connectivity index (χ1v) is 5.11. The van der Waals surface area contributed by atoms with Crippen LogP contribution in [0.3, 0.4) is 0 Å². The lowest BCUT2D eigenvalue weighted by atomic mass is 10.0. The van der Waals surface area contributed by atoms with E-state index in [1.807, 2.05) is 42.5 Å². The standard InChI is InChI=1S/C13H14N2O/c1-16-11-7-5-10(6-8-11)13(14)12-4-2-3-9-15-12/h2-9,13H,14H2,1H3/t13-/m0/s1. The Morgan fingerprint density at radius 2 is 1.88 bits per heavy atom. The minimum atomic E-state index is -0.188. The van der Waals surface area contributed by atoms with Crippen LogP contribution in [0, 0.1) is 0 Å². The molecule has 2 rings (SSSR count). The number of hydrogen-bond donors (Lipinski definition) is 1. The van der Waals surface area contributed by atoms with Gasteiger partial charge in [0.1, 0.15) is 5.75 Å². The van der Waals surface area contributed by atoms with Gasteiger partial charge in [-0.1, -0.05) is 18.2 Å². The van der Waals surface area contributed by atoms with E-state index in [1.165, 1.54) is 0 Å². The highest BCUT2D eigenvalue weighted by Gasteiger charge is 2.09. The van der Waals surface area contributed by atoms with Gasteiger partial charge < -0.3 is 10.5 Å². The number of benzene rings is 1. The van der Waals surface area contributed by atoms with Gasteiger partial charge in [-0.2, -0.15) is 0 Å². The predicted octanol–water partition coefficient (Wildman–Crippen LogP) is 2.14. The number of ether oxygens (including phenoxy) is 1. The van der Waals surface area contributed by atoms with Gasteiger partial charge in [-0.15, -0.1) is 0 Å². The summed E-state index contributed by atoms with van der Waals surface area (Å²) in [6, 6.07) is 13.3. The van der Waals surface area contributed by atoms with Gasteiger partial charge >= 0.3 is 0 Å². The summed E-state index contributed by atoms with van der Waals surface area (Å²) in [6.07, 6.45) is 1.75. The number of nitrogens with two attached hydrogens (primary N) is 1. The molecule has 1 aromatic carbocycles. The Balaban J connectivity index is 2.24. The number of aromatic nitrogens is 1. The van der Waals surface area contributed by atoms with Gasteiger partial charge in [-0.05, 0) is 29.8 Å². The van der Waals surface area contributed by atoms with Crippen molar-refractivity contribution in [3.8, 4) is 5.75 Å². The lowest BCUT2D eigenvalue weighted by Gasteiger charge is -2.11. The molecule has 0 radical (unpaired) electrons. The Morgan fingerprint density at radius 3 is 2.44 bits per heavy atom. The van der Waals surface area contributed by atoms with E-state index in [1.54, 1.807) is 13.3 Å². The van der Waals surface area contributed by atoms with Crippen molar-refractivity contribution in [2.45, 2.75) is 6.04 Å². The predicted molar refractivity (Wildman–Crippen MR) is 63.3 cm³/mol. The lowest BCUT2D eigenvalue weighted by molar-refractivity contribution is 0.414. The first kappa shape index (κ1) is 10.6. The average Bonchev–Trinajstić information content (AvgIpc) is 2.39. The molecule has 0 fully saturated rings. The van der Waals surface area contributed by atoms with E-state index < -0.39 is 0 Å². The molecule has 0 saturated carbocycles. The molecule has 0 aliphatic heterocycles. The summed E-state index contributed by atoms with van der Waals surface area (Å²) in [5.74, 6) is 0.831. The van der Waals surface area contributed by atoms with E-state index in [4.69, 9.17) is 10.5 Å². The molecule has 3 heteroatoms. The van der Waals surface area contributed by atoms with E-state index in [9.17, 15) is 0 Å². The second-order valence-corrected chi connectivity index (χ2v) is 3.51. The fraction of sp³-hybridized carbons (Fsp3) is 0.154. The second kappa shape index (κ2) is 4.77. The number of rotatable bonds is 3. The summed E-state index contributed by atoms with van der Waals surface area (Å²) in [4.78, 5) is 4.24. The minimum absolute atomic E-state index is 0.188. The van der Waals surface area contributed by atoms with Crippen LogP contribution in [0.15, 0.2) is 48.7 Å². The Kier molecular flexibility index (Phi) is 3.17. The van der Waals surface area contributed by atoms with Gasteiger partial charge in [0.05, 0.1) is 18.8 Å². The van der Waals surface area contributed by atoms with Crippen LogP contribution < -0.4 is 10.5 Å². The monoisotopic (exact) mass is 214 g/mol. The van der Waals surface area contributed by atoms with Crippen molar-refractivity contribution in [2.75, 3.05) is 7.11 Å². The average molecular weight is 214 g/mol. The largest absolute Gasteiger partial charge is 0.497 e. The summed E-state index contributed by atoms with van der Waals surface area (Å²) >= 11 is 0. The molecule has 82 valence electrons. The molecule has 1 atom stereocenters. The van der Waals surface area contributed by atoms with Gasteiger partial charge in [0.15, 0.2) is 0 Å². The first-order valence-electron chi connectivity index (χ1n) is 5.11. The van der Waals surface area contributed by atoms with Crippen LogP contribution in [-0.2, 0) is 0 Å². The summed E-state index contributed by atoms with van der Waals surface area (Å²) in [7, 11) is 1.65. The molecule has 1 heterocycles. The Hall–Kier alpha value is -1.87. The molecule has 16 heavy (non-hydrogen) atoms. The van der Waals surface area contributed by atoms with Crippen LogP contribution in [0.25, 0.3) is 0 Å². The van der Waals surface area contributed by atoms with Crippen LogP contribution in [0.5, 0.6) is 5.75 Å². The highest BCUT2D eigenvalue weighted by molar-refractivity contribution is 5.32. The minimum Gasteiger partial charge on any atom is -0.497 e. The molecule has 0 aliphatic carbocycles. The quantitative estimate of drug-likeness (QED) is 0.851. The number of methoxy groups -OCH3 is 1. The number of pyridine rings is 1. The maximum Gasteiger partial charge on any atom is 0.118 e. The molecule has 2 aromatic rings. The van der Waals surface area contributed by atoms with Crippen molar-refractivity contribution < 1.29 is 4.74 Å². The molecule has 0 spiro atoms. The summed E-state index contributed by atoms with van der Waals surface area (Å²) in [5.41, 5.74) is 8.00. The maximum absolute atomic E-state index is 6.10. The smallest absolute Gasteiger partial charge is 0.118 e. The van der Waals surface area contributed by atoms with Crippen LogP contribution in [0.4, 0.5) is 0 Å². The number of hydrogen-bond acceptors (Lipinski definition) is 3. The first-order chi connectivity index (χ1) is 7.81. The maximum atomic E-state index is 6.10. The zero-order valence-electron chi connectivity index (χ0n) is 9.13. The zero-order valence-corrected chi connectivity index (χ0v) is 9.13. The fourth-order valence-electron chi connectivity index (χ4n) is 1.54. The molecule has 1 aromatic heterocycles. The van der Waals surface area contributed by atoms with Crippen molar-refractivity contribution in [3.63, 3.8) is 0 Å². The normalized spacial score (nSPS) is 12.1. The van der Waals surface area contributed by atoms with Crippen LogP contribution in [0.2, 0.25) is 0 Å². The van der Waals surface area contributed by atoms with Gasteiger partial charge in [0, 0.05) is 6.20 Å². The second-order valence-electron chi connectivity index (χ2n) is 3.51. The van der Waals surface area contributed by atoms with Gasteiger partial charge in [0.2, 0.25) is 0 Å². The van der Waals surface area contributed by atoms with Crippen molar-refractivity contribution in [1.29, 1.82) is 0 Å². The topological polar surface area (TPSA) is 48.1 Å². The highest BCUT2D eigenvalue weighted by atomic mass is 16.5. The molecule has 0 aliphatic rings. The van der Waals surface area contributed by atoms with Gasteiger partial charge in [-0.3, -0.25) is 4.98 Å². The molecule has 0 amide bonds. The molecule has 2 N–H and O–H groups in total. The van der Waals surface area contributed by atoms with Gasteiger partial charge in [-0.25, -0.2) is 0 Å². The molecule has 0 saturated heterocycles. The van der Waals surface area contributed by atoms with E-state index in [0.717, 1.165) is 17.0 Å². The lowest BCUT2D eigenvalue weighted by Crippen LogP contribution is -2.13. The van der Waals surface area contributed by atoms with E-state index in [0.29, 0.717) is 0 Å². The van der Waals surface area contributed by atoms with Gasteiger partial charge in [0.25, 0.3) is 0 Å². The molecule has 0 bridgehead atoms. The Bertz CT molecular complexity index is 439. The Labute approximate surface area is 94.9 Å². The Morgan fingerprint density at radius 1 is 1.12 bits per heavy atom. The molecule has 0 unspecified atom stereocenters. The van der Waals surface area contributed by atoms with E-state index >= 15 is 0 Å². The molecular weight excluding hydrogens is 200 g/mol. The van der Waals surface area contributed by atoms with Crippen LogP contribution in [0.1, 0.15) is 17.3 Å².